The van der Waals surface area contributed by atoms with Gasteiger partial charge in [0, 0.05) is 44.4 Å². The second-order valence-electron chi connectivity index (χ2n) is 6.37. The number of nitro benzene ring substituents is 1. The van der Waals surface area contributed by atoms with Gasteiger partial charge in [0.15, 0.2) is 0 Å². The zero-order valence-corrected chi connectivity index (χ0v) is 16.1. The molecule has 2 aromatic carbocycles. The molecule has 10 heteroatoms. The highest BCUT2D eigenvalue weighted by atomic mass is 32.2. The predicted molar refractivity (Wildman–Crippen MR) is 104 cm³/mol. The van der Waals surface area contributed by atoms with Crippen LogP contribution in [-0.4, -0.2) is 54.6 Å². The lowest BCUT2D eigenvalue weighted by Gasteiger charge is -2.33. The van der Waals surface area contributed by atoms with Crippen LogP contribution in [-0.2, 0) is 14.8 Å². The van der Waals surface area contributed by atoms with E-state index in [9.17, 15) is 27.7 Å². The summed E-state index contributed by atoms with van der Waals surface area (Å²) in [6.07, 6.45) is 2.79. The highest BCUT2D eigenvalue weighted by Gasteiger charge is 2.29. The van der Waals surface area contributed by atoms with Crippen molar-refractivity contribution in [2.24, 2.45) is 0 Å². The molecule has 1 amide bonds. The minimum atomic E-state index is -3.75. The summed E-state index contributed by atoms with van der Waals surface area (Å²) in [6, 6.07) is 10.5. The molecule has 0 spiro atoms. The molecule has 1 aliphatic heterocycles. The monoisotopic (exact) mass is 419 g/mol. The minimum absolute atomic E-state index is 0.00393. The molecule has 152 valence electrons. The largest absolute Gasteiger partial charge is 0.337 e. The van der Waals surface area contributed by atoms with Crippen molar-refractivity contribution in [1.82, 2.24) is 9.21 Å². The average Bonchev–Trinajstić information content (AvgIpc) is 2.72. The molecule has 0 aliphatic carbocycles. The van der Waals surface area contributed by atoms with E-state index in [0.29, 0.717) is 5.56 Å². The molecule has 2 aromatic rings. The fraction of sp³-hybridized carbons (Fsp3) is 0.211. The van der Waals surface area contributed by atoms with Crippen molar-refractivity contribution in [3.8, 4) is 0 Å². The molecular formula is C19H18FN3O5S. The van der Waals surface area contributed by atoms with Crippen LogP contribution in [0.15, 0.2) is 59.5 Å². The van der Waals surface area contributed by atoms with E-state index >= 15 is 0 Å². The van der Waals surface area contributed by atoms with Crippen molar-refractivity contribution in [2.45, 2.75) is 4.90 Å². The quantitative estimate of drug-likeness (QED) is 0.420. The average molecular weight is 419 g/mol. The summed E-state index contributed by atoms with van der Waals surface area (Å²) in [5.74, 6) is -0.828. The van der Waals surface area contributed by atoms with Crippen molar-refractivity contribution in [3.63, 3.8) is 0 Å². The van der Waals surface area contributed by atoms with Crippen molar-refractivity contribution in [1.29, 1.82) is 0 Å². The second kappa shape index (κ2) is 8.50. The molecule has 29 heavy (non-hydrogen) atoms. The van der Waals surface area contributed by atoms with Gasteiger partial charge in [0.25, 0.3) is 5.69 Å². The summed E-state index contributed by atoms with van der Waals surface area (Å²) in [4.78, 5) is 24.1. The number of piperazine rings is 1. The highest BCUT2D eigenvalue weighted by Crippen LogP contribution is 2.19. The van der Waals surface area contributed by atoms with Gasteiger partial charge >= 0.3 is 0 Å². The van der Waals surface area contributed by atoms with Crippen LogP contribution in [0, 0.1) is 15.9 Å². The Labute approximate surface area is 167 Å². The number of nitro groups is 1. The van der Waals surface area contributed by atoms with Gasteiger partial charge in [0.1, 0.15) is 5.82 Å². The van der Waals surface area contributed by atoms with Gasteiger partial charge in [-0.3, -0.25) is 14.9 Å². The number of rotatable bonds is 5. The first-order valence-corrected chi connectivity index (χ1v) is 10.2. The van der Waals surface area contributed by atoms with Crippen LogP contribution in [0.25, 0.3) is 6.08 Å². The summed E-state index contributed by atoms with van der Waals surface area (Å²) < 4.78 is 39.5. The normalized spacial score (nSPS) is 15.6. The molecule has 0 aromatic heterocycles. The molecule has 1 heterocycles. The number of nitrogens with zero attached hydrogens (tertiary/aromatic N) is 3. The number of hydrogen-bond acceptors (Lipinski definition) is 5. The topological polar surface area (TPSA) is 101 Å². The maximum absolute atomic E-state index is 13.0. The van der Waals surface area contributed by atoms with Crippen LogP contribution >= 0.6 is 0 Å². The van der Waals surface area contributed by atoms with Crippen molar-refractivity contribution < 1.29 is 22.5 Å². The lowest BCUT2D eigenvalue weighted by atomic mass is 10.2. The lowest BCUT2D eigenvalue weighted by Crippen LogP contribution is -2.50. The smallest absolute Gasteiger partial charge is 0.270 e. The number of hydrogen-bond donors (Lipinski definition) is 0. The molecule has 1 saturated heterocycles. The number of carbonyl (C=O) groups excluding carboxylic acids is 1. The fourth-order valence-electron chi connectivity index (χ4n) is 2.92. The molecule has 8 nitrogen and oxygen atoms in total. The number of amides is 1. The zero-order chi connectivity index (χ0) is 21.0. The van der Waals surface area contributed by atoms with Crippen LogP contribution in [0.1, 0.15) is 5.56 Å². The number of carbonyl (C=O) groups is 1. The third kappa shape index (κ3) is 4.84. The summed E-state index contributed by atoms with van der Waals surface area (Å²) >= 11 is 0. The van der Waals surface area contributed by atoms with Gasteiger partial charge in [-0.1, -0.05) is 12.1 Å². The Kier molecular flexibility index (Phi) is 6.04. The molecule has 0 bridgehead atoms. The Morgan fingerprint density at radius 2 is 1.72 bits per heavy atom. The molecule has 0 radical (unpaired) electrons. The molecule has 0 saturated carbocycles. The molecule has 0 N–H and O–H groups in total. The Balaban J connectivity index is 1.61. The Morgan fingerprint density at radius 3 is 2.34 bits per heavy atom. The van der Waals surface area contributed by atoms with Gasteiger partial charge in [0.2, 0.25) is 15.9 Å². The summed E-state index contributed by atoms with van der Waals surface area (Å²) in [7, 11) is -3.75. The van der Waals surface area contributed by atoms with E-state index in [-0.39, 0.29) is 42.7 Å². The number of halogens is 1. The Hall–Kier alpha value is -3.11. The van der Waals surface area contributed by atoms with Crippen molar-refractivity contribution in [3.05, 3.63) is 76.1 Å². The second-order valence-corrected chi connectivity index (χ2v) is 8.31. The molecule has 0 unspecified atom stereocenters. The Bertz CT molecular complexity index is 1050. The SMILES string of the molecule is O=C(/C=C/c1cccc([N+](=O)[O-])c1)N1CCN(S(=O)(=O)c2ccc(F)cc2)CC1. The van der Waals surface area contributed by atoms with Gasteiger partial charge in [0.05, 0.1) is 9.82 Å². The standard InChI is InChI=1S/C19H18FN3O5S/c20-16-5-7-18(8-6-16)29(27,28)22-12-10-21(11-13-22)19(24)9-4-15-2-1-3-17(14-15)23(25)26/h1-9,14H,10-13H2/b9-4+. The van der Waals surface area contributed by atoms with Crippen LogP contribution in [0.2, 0.25) is 0 Å². The molecular weight excluding hydrogens is 401 g/mol. The van der Waals surface area contributed by atoms with E-state index in [1.165, 1.54) is 51.7 Å². The maximum atomic E-state index is 13.0. The third-order valence-electron chi connectivity index (χ3n) is 4.50. The first-order valence-electron chi connectivity index (χ1n) is 8.74. The van der Waals surface area contributed by atoms with Crippen molar-refractivity contribution in [2.75, 3.05) is 26.2 Å². The lowest BCUT2D eigenvalue weighted by molar-refractivity contribution is -0.384. The van der Waals surface area contributed by atoms with E-state index in [2.05, 4.69) is 0 Å². The highest BCUT2D eigenvalue weighted by molar-refractivity contribution is 7.89. The number of benzene rings is 2. The molecule has 1 fully saturated rings. The van der Waals surface area contributed by atoms with Gasteiger partial charge in [-0.05, 0) is 35.9 Å². The molecule has 0 atom stereocenters. The Morgan fingerprint density at radius 1 is 1.07 bits per heavy atom. The van der Waals surface area contributed by atoms with E-state index in [1.807, 2.05) is 0 Å². The van der Waals surface area contributed by atoms with E-state index in [0.717, 1.165) is 12.1 Å². The fourth-order valence-corrected chi connectivity index (χ4v) is 4.34. The van der Waals surface area contributed by atoms with Crippen LogP contribution < -0.4 is 0 Å². The van der Waals surface area contributed by atoms with E-state index in [4.69, 9.17) is 0 Å². The molecule has 1 aliphatic rings. The van der Waals surface area contributed by atoms with Gasteiger partial charge < -0.3 is 4.90 Å². The first kappa shape index (κ1) is 20.6. The van der Waals surface area contributed by atoms with Gasteiger partial charge in [-0.2, -0.15) is 4.31 Å². The van der Waals surface area contributed by atoms with Crippen molar-refractivity contribution >= 4 is 27.7 Å². The van der Waals surface area contributed by atoms with Crippen LogP contribution in [0.4, 0.5) is 10.1 Å². The summed E-state index contributed by atoms with van der Waals surface area (Å²) in [5.41, 5.74) is 0.448. The maximum Gasteiger partial charge on any atom is 0.270 e. The predicted octanol–water partition coefficient (Wildman–Crippen LogP) is 2.28. The van der Waals surface area contributed by atoms with Crippen LogP contribution in [0.5, 0.6) is 0 Å². The zero-order valence-electron chi connectivity index (χ0n) is 15.3. The third-order valence-corrected chi connectivity index (χ3v) is 6.41. The minimum Gasteiger partial charge on any atom is -0.337 e. The van der Waals surface area contributed by atoms with Gasteiger partial charge in [-0.15, -0.1) is 0 Å². The van der Waals surface area contributed by atoms with Crippen LogP contribution in [0.3, 0.4) is 0 Å². The summed E-state index contributed by atoms with van der Waals surface area (Å²) in [5, 5.41) is 10.8. The van der Waals surface area contributed by atoms with E-state index < -0.39 is 20.8 Å². The number of non-ortho nitro benzene ring substituents is 1. The molecule has 3 rings (SSSR count). The first-order chi connectivity index (χ1) is 13.8. The number of sulfonamides is 1. The summed E-state index contributed by atoms with van der Waals surface area (Å²) in [6.45, 7) is 0.656. The van der Waals surface area contributed by atoms with Gasteiger partial charge in [-0.25, -0.2) is 12.8 Å². The van der Waals surface area contributed by atoms with E-state index in [1.54, 1.807) is 6.07 Å².